The van der Waals surface area contributed by atoms with Gasteiger partial charge in [0.2, 0.25) is 5.96 Å². The van der Waals surface area contributed by atoms with Crippen molar-refractivity contribution in [3.8, 4) is 0 Å². The summed E-state index contributed by atoms with van der Waals surface area (Å²) >= 11 is 0. The average Bonchev–Trinajstić information content (AvgIpc) is 2.37. The monoisotopic (exact) mass is 276 g/mol. The van der Waals surface area contributed by atoms with Crippen molar-refractivity contribution in [1.29, 1.82) is 0 Å². The summed E-state index contributed by atoms with van der Waals surface area (Å²) in [4.78, 5) is 3.93. The van der Waals surface area contributed by atoms with Crippen molar-refractivity contribution in [3.63, 3.8) is 0 Å². The van der Waals surface area contributed by atoms with Gasteiger partial charge >= 0.3 is 6.18 Å². The number of nitrogens with zero attached hydrogens (tertiary/aromatic N) is 1. The summed E-state index contributed by atoms with van der Waals surface area (Å²) in [7, 11) is 0. The van der Waals surface area contributed by atoms with Crippen molar-refractivity contribution in [1.82, 2.24) is 5.43 Å². The molecule has 0 unspecified atom stereocenters. The number of halogens is 3. The minimum absolute atomic E-state index is 0.0649. The van der Waals surface area contributed by atoms with Crippen LogP contribution in [0.5, 0.6) is 0 Å². The maximum atomic E-state index is 11.8. The highest BCUT2D eigenvalue weighted by Gasteiger charge is 2.27. The molecule has 106 valence electrons. The molecule has 0 saturated carbocycles. The van der Waals surface area contributed by atoms with Crippen LogP contribution in [0.3, 0.4) is 0 Å². The van der Waals surface area contributed by atoms with E-state index in [1.807, 2.05) is 18.2 Å². The minimum atomic E-state index is -4.32. The number of hydrazine groups is 1. The number of alkyl halides is 3. The van der Waals surface area contributed by atoms with Crippen molar-refractivity contribution in [3.05, 3.63) is 30.3 Å². The summed E-state index contributed by atoms with van der Waals surface area (Å²) in [5.74, 6) is 5.49. The molecule has 0 saturated heterocycles. The summed E-state index contributed by atoms with van der Waals surface area (Å²) in [6.45, 7) is -1.35. The van der Waals surface area contributed by atoms with Gasteiger partial charge in [-0.2, -0.15) is 13.2 Å². The minimum Gasteiger partial charge on any atom is -0.370 e. The normalized spacial score (nSPS) is 12.3. The molecule has 0 fully saturated rings. The first-order valence-corrected chi connectivity index (χ1v) is 5.49. The number of nitrogens with one attached hydrogen (secondary N) is 2. The van der Waals surface area contributed by atoms with Gasteiger partial charge in [-0.15, -0.1) is 0 Å². The molecule has 0 heterocycles. The number of hydrogen-bond donors (Lipinski definition) is 3. The van der Waals surface area contributed by atoms with Crippen LogP contribution in [0.1, 0.15) is 0 Å². The third-order valence-corrected chi connectivity index (χ3v) is 1.94. The van der Waals surface area contributed by atoms with Crippen LogP contribution in [0.25, 0.3) is 0 Å². The Labute approximate surface area is 108 Å². The molecule has 0 aliphatic heterocycles. The second-order valence-electron chi connectivity index (χ2n) is 3.53. The SMILES string of the molecule is NNC(=NCCOCC(F)(F)F)Nc1ccccc1. The number of ether oxygens (including phenoxy) is 1. The van der Waals surface area contributed by atoms with Crippen molar-refractivity contribution >= 4 is 11.6 Å². The highest BCUT2D eigenvalue weighted by molar-refractivity contribution is 5.93. The van der Waals surface area contributed by atoms with Gasteiger partial charge < -0.3 is 10.1 Å². The van der Waals surface area contributed by atoms with Gasteiger partial charge in [-0.05, 0) is 12.1 Å². The van der Waals surface area contributed by atoms with Gasteiger partial charge in [0, 0.05) is 5.69 Å². The molecule has 4 N–H and O–H groups in total. The quantitative estimate of drug-likeness (QED) is 0.250. The highest BCUT2D eigenvalue weighted by Crippen LogP contribution is 2.14. The van der Waals surface area contributed by atoms with Gasteiger partial charge in [0.1, 0.15) is 6.61 Å². The second-order valence-corrected chi connectivity index (χ2v) is 3.53. The lowest BCUT2D eigenvalue weighted by Gasteiger charge is -2.09. The molecule has 0 amide bonds. The van der Waals surface area contributed by atoms with Crippen LogP contribution in [0.15, 0.2) is 35.3 Å². The number of nitrogens with two attached hydrogens (primary N) is 1. The van der Waals surface area contributed by atoms with E-state index in [0.717, 1.165) is 5.69 Å². The van der Waals surface area contributed by atoms with Crippen LogP contribution in [0.2, 0.25) is 0 Å². The number of benzene rings is 1. The Hall–Kier alpha value is -1.80. The van der Waals surface area contributed by atoms with Gasteiger partial charge in [0.05, 0.1) is 13.2 Å². The standard InChI is InChI=1S/C11H15F3N4O/c12-11(13,14)8-19-7-6-16-10(18-15)17-9-4-2-1-3-5-9/h1-5H,6-8,15H2,(H2,16,17,18). The van der Waals surface area contributed by atoms with Gasteiger partial charge in [-0.25, -0.2) is 10.8 Å². The number of anilines is 1. The molecular weight excluding hydrogens is 261 g/mol. The van der Waals surface area contributed by atoms with Crippen molar-refractivity contribution < 1.29 is 17.9 Å². The number of aliphatic imine (C=N–C) groups is 1. The third-order valence-electron chi connectivity index (χ3n) is 1.94. The van der Waals surface area contributed by atoms with E-state index in [2.05, 4.69) is 20.5 Å². The van der Waals surface area contributed by atoms with Crippen LogP contribution in [0, 0.1) is 0 Å². The van der Waals surface area contributed by atoms with Gasteiger partial charge in [-0.1, -0.05) is 18.2 Å². The first kappa shape index (κ1) is 15.3. The smallest absolute Gasteiger partial charge is 0.370 e. The molecule has 19 heavy (non-hydrogen) atoms. The van der Waals surface area contributed by atoms with Gasteiger partial charge in [0.15, 0.2) is 0 Å². The first-order valence-electron chi connectivity index (χ1n) is 5.49. The van der Waals surface area contributed by atoms with E-state index in [1.165, 1.54) is 0 Å². The van der Waals surface area contributed by atoms with E-state index in [0.29, 0.717) is 0 Å². The zero-order valence-corrected chi connectivity index (χ0v) is 10.1. The van der Waals surface area contributed by atoms with Crippen LogP contribution >= 0.6 is 0 Å². The Kier molecular flexibility index (Phi) is 6.10. The molecule has 0 atom stereocenters. The fraction of sp³-hybridized carbons (Fsp3) is 0.364. The van der Waals surface area contributed by atoms with Crippen LogP contribution in [-0.2, 0) is 4.74 Å². The maximum Gasteiger partial charge on any atom is 0.411 e. The van der Waals surface area contributed by atoms with Gasteiger partial charge in [-0.3, -0.25) is 5.43 Å². The topological polar surface area (TPSA) is 71.7 Å². The van der Waals surface area contributed by atoms with E-state index >= 15 is 0 Å². The van der Waals surface area contributed by atoms with Crippen LogP contribution in [-0.4, -0.2) is 31.9 Å². The molecule has 0 aromatic heterocycles. The molecule has 1 aromatic rings. The second kappa shape index (κ2) is 7.59. The number of rotatable bonds is 5. The largest absolute Gasteiger partial charge is 0.411 e. The zero-order valence-electron chi connectivity index (χ0n) is 10.1. The third kappa shape index (κ3) is 7.27. The molecule has 0 aliphatic carbocycles. The predicted octanol–water partition coefficient (Wildman–Crippen LogP) is 1.50. The molecule has 0 spiro atoms. The van der Waals surface area contributed by atoms with Crippen molar-refractivity contribution in [2.45, 2.75) is 6.18 Å². The van der Waals surface area contributed by atoms with E-state index in [-0.39, 0.29) is 19.1 Å². The summed E-state index contributed by atoms with van der Waals surface area (Å²) in [5.41, 5.74) is 3.08. The van der Waals surface area contributed by atoms with Crippen LogP contribution in [0.4, 0.5) is 18.9 Å². The Morgan fingerprint density at radius 1 is 1.26 bits per heavy atom. The summed E-state index contributed by atoms with van der Waals surface area (Å²) in [6, 6.07) is 9.09. The maximum absolute atomic E-state index is 11.8. The van der Waals surface area contributed by atoms with E-state index in [4.69, 9.17) is 5.84 Å². The molecule has 1 aromatic carbocycles. The molecule has 1 rings (SSSR count). The van der Waals surface area contributed by atoms with Crippen molar-refractivity contribution in [2.24, 2.45) is 10.8 Å². The molecule has 0 aliphatic rings. The average molecular weight is 276 g/mol. The number of para-hydroxylation sites is 1. The summed E-state index contributed by atoms with van der Waals surface area (Å²) in [6.07, 6.45) is -4.32. The Balaban J connectivity index is 2.33. The highest BCUT2D eigenvalue weighted by atomic mass is 19.4. The number of hydrogen-bond acceptors (Lipinski definition) is 3. The van der Waals surface area contributed by atoms with Gasteiger partial charge in [0.25, 0.3) is 0 Å². The fourth-order valence-electron chi connectivity index (χ4n) is 1.19. The fourth-order valence-corrected chi connectivity index (χ4v) is 1.19. The van der Waals surface area contributed by atoms with E-state index in [1.54, 1.807) is 12.1 Å². The lowest BCUT2D eigenvalue weighted by atomic mass is 10.3. The first-order chi connectivity index (χ1) is 9.01. The van der Waals surface area contributed by atoms with Crippen LogP contribution < -0.4 is 16.6 Å². The van der Waals surface area contributed by atoms with E-state index in [9.17, 15) is 13.2 Å². The Bertz CT molecular complexity index is 395. The molecule has 0 radical (unpaired) electrons. The molecular formula is C11H15F3N4O. The zero-order chi connectivity index (χ0) is 14.1. The predicted molar refractivity (Wildman–Crippen MR) is 66.6 cm³/mol. The molecule has 0 bridgehead atoms. The lowest BCUT2D eigenvalue weighted by molar-refractivity contribution is -0.173. The van der Waals surface area contributed by atoms with E-state index < -0.39 is 12.8 Å². The van der Waals surface area contributed by atoms with Crippen molar-refractivity contribution in [2.75, 3.05) is 25.1 Å². The molecule has 8 heteroatoms. The lowest BCUT2D eigenvalue weighted by Crippen LogP contribution is -2.36. The number of guanidine groups is 1. The Morgan fingerprint density at radius 3 is 2.53 bits per heavy atom. The Morgan fingerprint density at radius 2 is 1.95 bits per heavy atom. The summed E-state index contributed by atoms with van der Waals surface area (Å²) in [5, 5.41) is 2.87. The summed E-state index contributed by atoms with van der Waals surface area (Å²) < 4.78 is 39.8. The molecule has 5 nitrogen and oxygen atoms in total.